The maximum Gasteiger partial charge on any atom is 0.0286 e. The Balaban J connectivity index is 0.000000921. The van der Waals surface area contributed by atoms with E-state index in [9.17, 15) is 0 Å². The van der Waals surface area contributed by atoms with E-state index in [1.54, 1.807) is 11.9 Å². The highest BCUT2D eigenvalue weighted by Crippen LogP contribution is 2.24. The van der Waals surface area contributed by atoms with E-state index >= 15 is 0 Å². The SMILES string of the molecule is CC.CCNSc1c(C)cc(C)cc1C. The van der Waals surface area contributed by atoms with Crippen LogP contribution in [0.3, 0.4) is 0 Å². The Labute approximate surface area is 98.8 Å². The van der Waals surface area contributed by atoms with Crippen LogP contribution in [0.15, 0.2) is 17.0 Å². The number of benzene rings is 1. The summed E-state index contributed by atoms with van der Waals surface area (Å²) in [7, 11) is 0. The Morgan fingerprint density at radius 2 is 1.53 bits per heavy atom. The third-order valence-electron chi connectivity index (χ3n) is 1.92. The summed E-state index contributed by atoms with van der Waals surface area (Å²) in [6, 6.07) is 4.46. The highest BCUT2D eigenvalue weighted by atomic mass is 32.2. The maximum atomic E-state index is 3.28. The highest BCUT2D eigenvalue weighted by Gasteiger charge is 2.03. The molecule has 15 heavy (non-hydrogen) atoms. The zero-order valence-corrected chi connectivity index (χ0v) is 11.6. The molecule has 0 amide bonds. The number of aryl methyl sites for hydroxylation is 3. The van der Waals surface area contributed by atoms with Gasteiger partial charge in [0.1, 0.15) is 0 Å². The number of hydrogen-bond donors (Lipinski definition) is 1. The van der Waals surface area contributed by atoms with Gasteiger partial charge in [0.15, 0.2) is 0 Å². The molecule has 0 unspecified atom stereocenters. The van der Waals surface area contributed by atoms with Crippen LogP contribution in [-0.4, -0.2) is 6.54 Å². The van der Waals surface area contributed by atoms with Gasteiger partial charge in [0.25, 0.3) is 0 Å². The first-order valence-corrected chi connectivity index (χ1v) is 6.44. The van der Waals surface area contributed by atoms with E-state index in [1.165, 1.54) is 21.6 Å². The third kappa shape index (κ3) is 4.72. The molecule has 0 spiro atoms. The molecule has 1 aromatic carbocycles. The van der Waals surface area contributed by atoms with Crippen LogP contribution in [0.25, 0.3) is 0 Å². The fraction of sp³-hybridized carbons (Fsp3) is 0.538. The fourth-order valence-electron chi connectivity index (χ4n) is 1.47. The quantitative estimate of drug-likeness (QED) is 0.772. The molecule has 0 aliphatic rings. The van der Waals surface area contributed by atoms with Gasteiger partial charge in [-0.1, -0.05) is 38.5 Å². The van der Waals surface area contributed by atoms with Gasteiger partial charge in [-0.3, -0.25) is 4.72 Å². The molecule has 1 aromatic rings. The fourth-order valence-corrected chi connectivity index (χ4v) is 2.20. The van der Waals surface area contributed by atoms with Gasteiger partial charge in [0.2, 0.25) is 0 Å². The molecule has 0 radical (unpaired) electrons. The third-order valence-corrected chi connectivity index (χ3v) is 3.20. The molecule has 0 saturated carbocycles. The van der Waals surface area contributed by atoms with Crippen LogP contribution in [0.1, 0.15) is 37.5 Å². The van der Waals surface area contributed by atoms with Crippen LogP contribution in [0, 0.1) is 20.8 Å². The smallest absolute Gasteiger partial charge is 0.0286 e. The molecule has 0 fully saturated rings. The Morgan fingerprint density at radius 1 is 1.07 bits per heavy atom. The van der Waals surface area contributed by atoms with Gasteiger partial charge < -0.3 is 0 Å². The predicted molar refractivity (Wildman–Crippen MR) is 71.5 cm³/mol. The second-order valence-corrected chi connectivity index (χ2v) is 4.23. The first kappa shape index (κ1) is 14.5. The van der Waals surface area contributed by atoms with Crippen molar-refractivity contribution in [3.05, 3.63) is 28.8 Å². The molecular weight excluding hydrogens is 202 g/mol. The number of rotatable bonds is 3. The normalized spacial score (nSPS) is 9.47. The Kier molecular flexibility index (Phi) is 7.53. The van der Waals surface area contributed by atoms with E-state index in [1.807, 2.05) is 13.8 Å². The Bertz CT molecular complexity index is 272. The zero-order chi connectivity index (χ0) is 11.8. The van der Waals surface area contributed by atoms with E-state index in [-0.39, 0.29) is 0 Å². The zero-order valence-electron chi connectivity index (χ0n) is 10.8. The van der Waals surface area contributed by atoms with Crippen LogP contribution in [0.4, 0.5) is 0 Å². The van der Waals surface area contributed by atoms with Crippen LogP contribution >= 0.6 is 11.9 Å². The molecule has 0 aliphatic carbocycles. The van der Waals surface area contributed by atoms with E-state index in [0.717, 1.165) is 6.54 Å². The van der Waals surface area contributed by atoms with Crippen LogP contribution in [-0.2, 0) is 0 Å². The summed E-state index contributed by atoms with van der Waals surface area (Å²) >= 11 is 1.73. The molecule has 0 saturated heterocycles. The van der Waals surface area contributed by atoms with Gasteiger partial charge in [0, 0.05) is 11.4 Å². The summed E-state index contributed by atoms with van der Waals surface area (Å²) in [5.41, 5.74) is 4.07. The molecule has 86 valence electrons. The average molecular weight is 225 g/mol. The van der Waals surface area contributed by atoms with E-state index < -0.39 is 0 Å². The van der Waals surface area contributed by atoms with Crippen molar-refractivity contribution >= 4 is 11.9 Å². The van der Waals surface area contributed by atoms with Gasteiger partial charge in [-0.15, -0.1) is 0 Å². The van der Waals surface area contributed by atoms with Crippen molar-refractivity contribution in [2.75, 3.05) is 6.54 Å². The molecule has 0 atom stereocenters. The molecule has 1 rings (SSSR count). The lowest BCUT2D eigenvalue weighted by Gasteiger charge is -2.10. The summed E-state index contributed by atoms with van der Waals surface area (Å²) < 4.78 is 3.28. The largest absolute Gasteiger partial charge is 0.260 e. The van der Waals surface area contributed by atoms with Gasteiger partial charge in [0.05, 0.1) is 0 Å². The minimum Gasteiger partial charge on any atom is -0.260 e. The second kappa shape index (κ2) is 7.77. The summed E-state index contributed by atoms with van der Waals surface area (Å²) in [6.07, 6.45) is 0. The van der Waals surface area contributed by atoms with Gasteiger partial charge >= 0.3 is 0 Å². The minimum atomic E-state index is 0.997. The highest BCUT2D eigenvalue weighted by molar-refractivity contribution is 7.97. The minimum absolute atomic E-state index is 0.997. The topological polar surface area (TPSA) is 12.0 Å². The molecule has 0 aliphatic heterocycles. The summed E-state index contributed by atoms with van der Waals surface area (Å²) in [5.74, 6) is 0. The van der Waals surface area contributed by atoms with E-state index in [4.69, 9.17) is 0 Å². The molecule has 0 bridgehead atoms. The van der Waals surface area contributed by atoms with Crippen LogP contribution in [0.2, 0.25) is 0 Å². The van der Waals surface area contributed by atoms with Crippen molar-refractivity contribution in [3.63, 3.8) is 0 Å². The molecule has 2 heteroatoms. The molecule has 1 nitrogen and oxygen atoms in total. The van der Waals surface area contributed by atoms with Crippen molar-refractivity contribution < 1.29 is 0 Å². The molecule has 1 N–H and O–H groups in total. The van der Waals surface area contributed by atoms with Crippen LogP contribution in [0.5, 0.6) is 0 Å². The Hall–Kier alpha value is -0.470. The number of hydrogen-bond acceptors (Lipinski definition) is 2. The van der Waals surface area contributed by atoms with Gasteiger partial charge in [-0.25, -0.2) is 0 Å². The first-order chi connectivity index (χ1) is 7.15. The summed E-state index contributed by atoms with van der Waals surface area (Å²) in [4.78, 5) is 1.37. The van der Waals surface area contributed by atoms with Crippen molar-refractivity contribution in [3.8, 4) is 0 Å². The molecule has 0 heterocycles. The molecular formula is C13H23NS. The van der Waals surface area contributed by atoms with Crippen molar-refractivity contribution in [2.24, 2.45) is 0 Å². The standard InChI is InChI=1S/C11H17NS.C2H6/c1-5-12-13-11-9(3)6-8(2)7-10(11)4;1-2/h6-7,12H,5H2,1-4H3;1-2H3. The monoisotopic (exact) mass is 225 g/mol. The van der Waals surface area contributed by atoms with Crippen molar-refractivity contribution in [2.45, 2.75) is 46.4 Å². The molecule has 0 aromatic heterocycles. The summed E-state index contributed by atoms with van der Waals surface area (Å²) in [5, 5.41) is 0. The first-order valence-electron chi connectivity index (χ1n) is 5.62. The lowest BCUT2D eigenvalue weighted by molar-refractivity contribution is 1.03. The van der Waals surface area contributed by atoms with Crippen molar-refractivity contribution in [1.29, 1.82) is 0 Å². The number of nitrogens with one attached hydrogen (secondary N) is 1. The predicted octanol–water partition coefficient (Wildman–Crippen LogP) is 4.25. The lowest BCUT2D eigenvalue weighted by atomic mass is 10.1. The van der Waals surface area contributed by atoms with Crippen molar-refractivity contribution in [1.82, 2.24) is 4.72 Å². The Morgan fingerprint density at radius 3 is 1.93 bits per heavy atom. The van der Waals surface area contributed by atoms with E-state index in [2.05, 4.69) is 44.5 Å². The summed E-state index contributed by atoms with van der Waals surface area (Å²) in [6.45, 7) is 13.6. The lowest BCUT2D eigenvalue weighted by Crippen LogP contribution is -2.02. The van der Waals surface area contributed by atoms with Gasteiger partial charge in [-0.05, 0) is 43.8 Å². The second-order valence-electron chi connectivity index (χ2n) is 3.33. The average Bonchev–Trinajstić information content (AvgIpc) is 2.19. The maximum absolute atomic E-state index is 3.28. The van der Waals surface area contributed by atoms with Gasteiger partial charge in [-0.2, -0.15) is 0 Å². The van der Waals surface area contributed by atoms with E-state index in [0.29, 0.717) is 0 Å². The van der Waals surface area contributed by atoms with Crippen LogP contribution < -0.4 is 4.72 Å².